The average molecular weight is 254 g/mol. The van der Waals surface area contributed by atoms with Crippen LogP contribution in [0.3, 0.4) is 0 Å². The van der Waals surface area contributed by atoms with Gasteiger partial charge in [-0.1, -0.05) is 11.3 Å². The van der Waals surface area contributed by atoms with Gasteiger partial charge in [0, 0.05) is 18.5 Å². The maximum absolute atomic E-state index is 11.1. The largest absolute Gasteiger partial charge is 0.391 e. The molecule has 0 aromatic carbocycles. The van der Waals surface area contributed by atoms with Gasteiger partial charge in [0.15, 0.2) is 0 Å². The average Bonchev–Trinajstić information content (AvgIpc) is 2.88. The zero-order chi connectivity index (χ0) is 12.0. The Labute approximate surface area is 100 Å². The third-order valence-corrected chi connectivity index (χ3v) is 3.61. The smallest absolute Gasteiger partial charge is 0.373 e. The van der Waals surface area contributed by atoms with E-state index in [0.717, 1.165) is 0 Å². The van der Waals surface area contributed by atoms with E-state index in [1.165, 1.54) is 15.7 Å². The number of anilines is 1. The van der Waals surface area contributed by atoms with Crippen LogP contribution in [0.5, 0.6) is 0 Å². The molecule has 0 spiro atoms. The minimum atomic E-state index is -0.424. The Hall–Kier alpha value is -1.67. The molecule has 3 heterocycles. The number of nitrogens with zero attached hydrogens (tertiary/aromatic N) is 4. The fourth-order valence-electron chi connectivity index (χ4n) is 2.08. The Morgan fingerprint density at radius 3 is 3.12 bits per heavy atom. The number of rotatable bonds is 2. The minimum Gasteiger partial charge on any atom is -0.391 e. The van der Waals surface area contributed by atoms with Crippen molar-refractivity contribution in [3.05, 3.63) is 21.7 Å². The van der Waals surface area contributed by atoms with Crippen LogP contribution >= 0.6 is 11.3 Å². The number of fused-ring (bicyclic) bond motifs is 1. The van der Waals surface area contributed by atoms with Crippen LogP contribution in [0, 0.1) is 10.1 Å². The summed E-state index contributed by atoms with van der Waals surface area (Å²) in [7, 11) is 0. The van der Waals surface area contributed by atoms with Gasteiger partial charge < -0.3 is 20.1 Å². The van der Waals surface area contributed by atoms with Crippen molar-refractivity contribution >= 4 is 27.9 Å². The van der Waals surface area contributed by atoms with Gasteiger partial charge in [-0.3, -0.25) is 0 Å². The number of aliphatic hydroxyl groups is 1. The molecular weight excluding hydrogens is 244 g/mol. The lowest BCUT2D eigenvalue weighted by atomic mass is 10.3. The van der Waals surface area contributed by atoms with Crippen LogP contribution < -0.4 is 4.90 Å². The first-order valence-corrected chi connectivity index (χ1v) is 6.07. The molecule has 1 fully saturated rings. The fourth-order valence-corrected chi connectivity index (χ4v) is 2.78. The van der Waals surface area contributed by atoms with E-state index in [9.17, 15) is 15.2 Å². The Morgan fingerprint density at radius 1 is 1.65 bits per heavy atom. The molecule has 8 heteroatoms. The van der Waals surface area contributed by atoms with Gasteiger partial charge in [0.05, 0.1) is 6.10 Å². The van der Waals surface area contributed by atoms with Crippen LogP contribution in [0.1, 0.15) is 6.42 Å². The first kappa shape index (κ1) is 10.5. The van der Waals surface area contributed by atoms with Crippen molar-refractivity contribution in [1.29, 1.82) is 0 Å². The molecule has 3 rings (SSSR count). The predicted molar refractivity (Wildman–Crippen MR) is 62.6 cm³/mol. The highest BCUT2D eigenvalue weighted by Gasteiger charge is 2.31. The van der Waals surface area contributed by atoms with Gasteiger partial charge in [-0.25, -0.2) is 0 Å². The Balaban J connectivity index is 2.11. The van der Waals surface area contributed by atoms with Crippen molar-refractivity contribution < 1.29 is 10.0 Å². The van der Waals surface area contributed by atoms with E-state index in [2.05, 4.69) is 4.98 Å². The highest BCUT2D eigenvalue weighted by atomic mass is 32.1. The molecule has 17 heavy (non-hydrogen) atoms. The minimum absolute atomic E-state index is 0.0182. The van der Waals surface area contributed by atoms with E-state index in [1.54, 1.807) is 16.5 Å². The van der Waals surface area contributed by atoms with Crippen LogP contribution in [-0.2, 0) is 0 Å². The second-order valence-electron chi connectivity index (χ2n) is 3.96. The number of aromatic nitrogens is 2. The molecular formula is C9H10N4O3S. The lowest BCUT2D eigenvalue weighted by Gasteiger charge is -2.13. The van der Waals surface area contributed by atoms with Crippen molar-refractivity contribution in [2.75, 3.05) is 18.0 Å². The van der Waals surface area contributed by atoms with E-state index in [1.807, 2.05) is 0 Å². The van der Waals surface area contributed by atoms with Crippen molar-refractivity contribution in [1.82, 2.24) is 9.38 Å². The van der Waals surface area contributed by atoms with Gasteiger partial charge in [0.25, 0.3) is 4.96 Å². The highest BCUT2D eigenvalue weighted by molar-refractivity contribution is 7.15. The molecule has 90 valence electrons. The predicted octanol–water partition coefficient (Wildman–Crippen LogP) is 0.875. The lowest BCUT2D eigenvalue weighted by Crippen LogP contribution is -2.22. The van der Waals surface area contributed by atoms with Crippen LogP contribution in [0.4, 0.5) is 11.6 Å². The summed E-state index contributed by atoms with van der Waals surface area (Å²) in [6.45, 7) is 1.01. The number of aliphatic hydroxyl groups excluding tert-OH is 1. The standard InChI is InChI=1S/C9H10N4O3S/c14-6-1-2-11(5-6)7-8(13(15)16)12-3-4-17-9(12)10-7/h3-4,6,14H,1-2,5H2/t6-/m1/s1. The Morgan fingerprint density at radius 2 is 2.47 bits per heavy atom. The van der Waals surface area contributed by atoms with Gasteiger partial charge >= 0.3 is 5.82 Å². The summed E-state index contributed by atoms with van der Waals surface area (Å²) >= 11 is 1.36. The van der Waals surface area contributed by atoms with Crippen molar-refractivity contribution in [2.45, 2.75) is 12.5 Å². The summed E-state index contributed by atoms with van der Waals surface area (Å²) in [6.07, 6.45) is 1.85. The molecule has 1 atom stereocenters. The SMILES string of the molecule is O=[N+]([O-])c1c(N2CC[C@@H](O)C2)nc2sccn12. The monoisotopic (exact) mass is 254 g/mol. The molecule has 1 aliphatic heterocycles. The molecule has 0 bridgehead atoms. The van der Waals surface area contributed by atoms with Gasteiger partial charge in [0.2, 0.25) is 5.82 Å². The zero-order valence-corrected chi connectivity index (χ0v) is 9.63. The first-order valence-electron chi connectivity index (χ1n) is 5.20. The molecule has 1 aliphatic rings. The van der Waals surface area contributed by atoms with Crippen LogP contribution in [0.2, 0.25) is 0 Å². The van der Waals surface area contributed by atoms with Crippen molar-refractivity contribution in [3.8, 4) is 0 Å². The van der Waals surface area contributed by atoms with Gasteiger partial charge in [0.1, 0.15) is 6.20 Å². The second kappa shape index (κ2) is 3.67. The van der Waals surface area contributed by atoms with Crippen molar-refractivity contribution in [3.63, 3.8) is 0 Å². The molecule has 1 N–H and O–H groups in total. The van der Waals surface area contributed by atoms with Crippen LogP contribution in [0.15, 0.2) is 11.6 Å². The van der Waals surface area contributed by atoms with E-state index in [4.69, 9.17) is 0 Å². The fraction of sp³-hybridized carbons (Fsp3) is 0.444. The quantitative estimate of drug-likeness (QED) is 0.635. The van der Waals surface area contributed by atoms with Gasteiger partial charge in [-0.2, -0.15) is 9.38 Å². The highest BCUT2D eigenvalue weighted by Crippen LogP contribution is 2.32. The molecule has 0 unspecified atom stereocenters. The van der Waals surface area contributed by atoms with E-state index >= 15 is 0 Å². The molecule has 2 aromatic rings. The van der Waals surface area contributed by atoms with Gasteiger partial charge in [-0.15, -0.1) is 0 Å². The number of hydrogen-bond acceptors (Lipinski definition) is 6. The summed E-state index contributed by atoms with van der Waals surface area (Å²) in [5, 5.41) is 22.3. The number of β-amino-alcohol motifs (C(OH)–C–C–N with tert-alkyl or cyclic N) is 1. The Kier molecular flexibility index (Phi) is 2.26. The molecule has 0 radical (unpaired) electrons. The van der Waals surface area contributed by atoms with E-state index < -0.39 is 11.0 Å². The Bertz CT molecular complexity index is 578. The molecule has 1 saturated heterocycles. The maximum Gasteiger partial charge on any atom is 0.373 e. The van der Waals surface area contributed by atoms with E-state index in [0.29, 0.717) is 30.3 Å². The summed E-state index contributed by atoms with van der Waals surface area (Å²) in [4.78, 5) is 17.3. The summed E-state index contributed by atoms with van der Waals surface area (Å²) in [5.74, 6) is 0.341. The summed E-state index contributed by atoms with van der Waals surface area (Å²) in [6, 6.07) is 0. The maximum atomic E-state index is 11.1. The topological polar surface area (TPSA) is 83.9 Å². The normalized spacial score (nSPS) is 20.3. The summed E-state index contributed by atoms with van der Waals surface area (Å²) in [5.41, 5.74) is 0. The first-order chi connectivity index (χ1) is 8.16. The number of hydrogen-bond donors (Lipinski definition) is 1. The van der Waals surface area contributed by atoms with Gasteiger partial charge in [-0.05, 0) is 11.3 Å². The number of imidazole rings is 1. The lowest BCUT2D eigenvalue weighted by molar-refractivity contribution is -0.389. The number of nitro groups is 1. The zero-order valence-electron chi connectivity index (χ0n) is 8.81. The third-order valence-electron chi connectivity index (χ3n) is 2.86. The molecule has 7 nitrogen and oxygen atoms in total. The van der Waals surface area contributed by atoms with Crippen LogP contribution in [-0.4, -0.2) is 38.6 Å². The van der Waals surface area contributed by atoms with Crippen LogP contribution in [0.25, 0.3) is 4.96 Å². The summed E-state index contributed by atoms with van der Waals surface area (Å²) < 4.78 is 1.48. The molecule has 0 saturated carbocycles. The molecule has 0 aliphatic carbocycles. The second-order valence-corrected chi connectivity index (χ2v) is 4.83. The molecule has 0 amide bonds. The third kappa shape index (κ3) is 1.56. The number of thiazole rings is 1. The van der Waals surface area contributed by atoms with Crippen molar-refractivity contribution in [2.24, 2.45) is 0 Å². The molecule has 2 aromatic heterocycles. The van der Waals surface area contributed by atoms with E-state index in [-0.39, 0.29) is 5.82 Å².